The molecule has 3 aromatic carbocycles. The topological polar surface area (TPSA) is 71.6 Å². The van der Waals surface area contributed by atoms with E-state index in [9.17, 15) is 4.79 Å². The van der Waals surface area contributed by atoms with E-state index in [4.69, 9.17) is 14.6 Å². The molecule has 1 aromatic heterocycles. The second-order valence-electron chi connectivity index (χ2n) is 8.14. The molecule has 1 heterocycles. The molecule has 4 rings (SSSR count). The molecule has 0 fully saturated rings. The maximum atomic E-state index is 11.0. The SMILES string of the molecule is CCCCOc1ccc(COc2ccc(CCC(=O)O)cc2-c2ccc3[nH]ccc3c2)cc1. The van der Waals surface area contributed by atoms with Crippen LogP contribution >= 0.6 is 0 Å². The Balaban J connectivity index is 1.54. The second-order valence-corrected chi connectivity index (χ2v) is 8.14. The van der Waals surface area contributed by atoms with Gasteiger partial charge in [-0.25, -0.2) is 0 Å². The highest BCUT2D eigenvalue weighted by Crippen LogP contribution is 2.34. The van der Waals surface area contributed by atoms with Gasteiger partial charge in [-0.1, -0.05) is 37.6 Å². The van der Waals surface area contributed by atoms with Crippen LogP contribution in [0.2, 0.25) is 0 Å². The molecular weight excluding hydrogens is 414 g/mol. The Bertz CT molecular complexity index is 1210. The molecule has 5 heteroatoms. The molecule has 0 amide bonds. The van der Waals surface area contributed by atoms with Gasteiger partial charge in [0, 0.05) is 23.7 Å². The van der Waals surface area contributed by atoms with Crippen LogP contribution in [0.5, 0.6) is 11.5 Å². The molecule has 170 valence electrons. The molecule has 0 atom stereocenters. The number of carboxylic acid groups (broad SMARTS) is 1. The van der Waals surface area contributed by atoms with Crippen LogP contribution in [-0.4, -0.2) is 22.7 Å². The first kappa shape index (κ1) is 22.5. The average Bonchev–Trinajstić information content (AvgIpc) is 3.30. The maximum absolute atomic E-state index is 11.0. The summed E-state index contributed by atoms with van der Waals surface area (Å²) in [5.74, 6) is 0.843. The van der Waals surface area contributed by atoms with Crippen LogP contribution in [0.4, 0.5) is 0 Å². The second kappa shape index (κ2) is 10.7. The number of nitrogens with one attached hydrogen (secondary N) is 1. The van der Waals surface area contributed by atoms with Crippen LogP contribution in [0.25, 0.3) is 22.0 Å². The molecule has 0 bridgehead atoms. The molecule has 0 saturated carbocycles. The zero-order chi connectivity index (χ0) is 23.0. The van der Waals surface area contributed by atoms with E-state index in [0.717, 1.165) is 64.1 Å². The molecule has 33 heavy (non-hydrogen) atoms. The fourth-order valence-corrected chi connectivity index (χ4v) is 3.73. The predicted octanol–water partition coefficient (Wildman–Crippen LogP) is 6.61. The minimum absolute atomic E-state index is 0.100. The van der Waals surface area contributed by atoms with Gasteiger partial charge in [-0.3, -0.25) is 4.79 Å². The van der Waals surface area contributed by atoms with Gasteiger partial charge in [-0.2, -0.15) is 0 Å². The van der Waals surface area contributed by atoms with Crippen molar-refractivity contribution in [1.29, 1.82) is 0 Å². The van der Waals surface area contributed by atoms with Crippen molar-refractivity contribution in [2.75, 3.05) is 6.61 Å². The number of H-pyrrole nitrogens is 1. The quantitative estimate of drug-likeness (QED) is 0.256. The van der Waals surface area contributed by atoms with Crippen molar-refractivity contribution in [2.45, 2.75) is 39.2 Å². The normalized spacial score (nSPS) is 10.9. The van der Waals surface area contributed by atoms with Crippen LogP contribution in [0, 0.1) is 0 Å². The van der Waals surface area contributed by atoms with E-state index < -0.39 is 5.97 Å². The monoisotopic (exact) mass is 443 g/mol. The zero-order valence-electron chi connectivity index (χ0n) is 18.8. The third-order valence-electron chi connectivity index (χ3n) is 5.62. The van der Waals surface area contributed by atoms with Crippen LogP contribution in [0.3, 0.4) is 0 Å². The lowest BCUT2D eigenvalue weighted by Gasteiger charge is -2.14. The maximum Gasteiger partial charge on any atom is 0.303 e. The molecular formula is C28H29NO4. The van der Waals surface area contributed by atoms with Gasteiger partial charge in [0.15, 0.2) is 0 Å². The van der Waals surface area contributed by atoms with Crippen molar-refractivity contribution in [1.82, 2.24) is 4.98 Å². The van der Waals surface area contributed by atoms with E-state index in [0.29, 0.717) is 13.0 Å². The number of aryl methyl sites for hydroxylation is 1. The Morgan fingerprint density at radius 1 is 0.939 bits per heavy atom. The molecule has 0 radical (unpaired) electrons. The lowest BCUT2D eigenvalue weighted by Crippen LogP contribution is -2.01. The Morgan fingerprint density at radius 2 is 1.76 bits per heavy atom. The average molecular weight is 444 g/mol. The molecule has 0 aliphatic rings. The smallest absolute Gasteiger partial charge is 0.303 e. The first-order valence-electron chi connectivity index (χ1n) is 11.4. The predicted molar refractivity (Wildman–Crippen MR) is 131 cm³/mol. The summed E-state index contributed by atoms with van der Waals surface area (Å²) in [6, 6.07) is 22.2. The van der Waals surface area contributed by atoms with Gasteiger partial charge in [0.05, 0.1) is 6.61 Å². The summed E-state index contributed by atoms with van der Waals surface area (Å²) in [5, 5.41) is 10.2. The Labute approximate surface area is 194 Å². The minimum atomic E-state index is -0.798. The number of ether oxygens (including phenoxy) is 2. The standard InChI is InChI=1S/C28H29NO4/c1-2-3-16-32-24-9-4-21(5-10-24)19-33-27-12-6-20(7-13-28(30)31)17-25(27)22-8-11-26-23(18-22)14-15-29-26/h4-6,8-12,14-15,17-18,29H,2-3,7,13,16,19H2,1H3,(H,30,31). The summed E-state index contributed by atoms with van der Waals surface area (Å²) in [7, 11) is 0. The summed E-state index contributed by atoms with van der Waals surface area (Å²) in [4.78, 5) is 14.2. The molecule has 0 spiro atoms. The summed E-state index contributed by atoms with van der Waals surface area (Å²) < 4.78 is 12.0. The molecule has 2 N–H and O–H groups in total. The van der Waals surface area contributed by atoms with E-state index in [1.165, 1.54) is 0 Å². The van der Waals surface area contributed by atoms with Gasteiger partial charge in [-0.05, 0) is 77.4 Å². The molecule has 5 nitrogen and oxygen atoms in total. The van der Waals surface area contributed by atoms with Gasteiger partial charge < -0.3 is 19.6 Å². The van der Waals surface area contributed by atoms with Crippen molar-refractivity contribution in [2.24, 2.45) is 0 Å². The lowest BCUT2D eigenvalue weighted by molar-refractivity contribution is -0.136. The number of aliphatic carboxylic acids is 1. The Hall–Kier alpha value is -3.73. The van der Waals surface area contributed by atoms with Crippen molar-refractivity contribution in [3.8, 4) is 22.6 Å². The van der Waals surface area contributed by atoms with Crippen LogP contribution in [-0.2, 0) is 17.8 Å². The van der Waals surface area contributed by atoms with E-state index in [1.807, 2.05) is 54.7 Å². The van der Waals surface area contributed by atoms with Crippen molar-refractivity contribution in [3.05, 3.63) is 84.1 Å². The number of rotatable bonds is 11. The van der Waals surface area contributed by atoms with Crippen LogP contribution < -0.4 is 9.47 Å². The summed E-state index contributed by atoms with van der Waals surface area (Å²) in [6.45, 7) is 3.31. The van der Waals surface area contributed by atoms with Gasteiger partial charge >= 0.3 is 5.97 Å². The lowest BCUT2D eigenvalue weighted by atomic mass is 9.99. The summed E-state index contributed by atoms with van der Waals surface area (Å²) in [6.07, 6.45) is 4.66. The molecule has 4 aromatic rings. The molecule has 0 aliphatic heterocycles. The fourth-order valence-electron chi connectivity index (χ4n) is 3.73. The van der Waals surface area contributed by atoms with Gasteiger partial charge in [-0.15, -0.1) is 0 Å². The van der Waals surface area contributed by atoms with Crippen molar-refractivity contribution in [3.63, 3.8) is 0 Å². The largest absolute Gasteiger partial charge is 0.494 e. The van der Waals surface area contributed by atoms with E-state index in [2.05, 4.69) is 30.1 Å². The van der Waals surface area contributed by atoms with Gasteiger partial charge in [0.25, 0.3) is 0 Å². The van der Waals surface area contributed by atoms with Gasteiger partial charge in [0.1, 0.15) is 18.1 Å². The molecule has 0 saturated heterocycles. The van der Waals surface area contributed by atoms with Crippen molar-refractivity contribution < 1.29 is 19.4 Å². The fraction of sp³-hybridized carbons (Fsp3) is 0.250. The number of carboxylic acids is 1. The number of hydrogen-bond donors (Lipinski definition) is 2. The van der Waals surface area contributed by atoms with Crippen molar-refractivity contribution >= 4 is 16.9 Å². The first-order chi connectivity index (χ1) is 16.1. The van der Waals surface area contributed by atoms with E-state index in [1.54, 1.807) is 0 Å². The number of fused-ring (bicyclic) bond motifs is 1. The molecule has 0 unspecified atom stereocenters. The van der Waals surface area contributed by atoms with E-state index in [-0.39, 0.29) is 6.42 Å². The Kier molecular flexibility index (Phi) is 7.30. The highest BCUT2D eigenvalue weighted by atomic mass is 16.5. The Morgan fingerprint density at radius 3 is 2.55 bits per heavy atom. The number of carbonyl (C=O) groups is 1. The third-order valence-corrected chi connectivity index (χ3v) is 5.62. The number of benzene rings is 3. The van der Waals surface area contributed by atoms with Crippen LogP contribution in [0.15, 0.2) is 72.9 Å². The zero-order valence-corrected chi connectivity index (χ0v) is 18.8. The first-order valence-corrected chi connectivity index (χ1v) is 11.4. The highest BCUT2D eigenvalue weighted by molar-refractivity contribution is 5.86. The number of aromatic nitrogens is 1. The third kappa shape index (κ3) is 5.95. The summed E-state index contributed by atoms with van der Waals surface area (Å²) >= 11 is 0. The van der Waals surface area contributed by atoms with E-state index >= 15 is 0 Å². The highest BCUT2D eigenvalue weighted by Gasteiger charge is 2.11. The number of hydrogen-bond acceptors (Lipinski definition) is 3. The van der Waals surface area contributed by atoms with Crippen LogP contribution in [0.1, 0.15) is 37.3 Å². The summed E-state index contributed by atoms with van der Waals surface area (Å²) in [5.41, 5.74) is 5.10. The minimum Gasteiger partial charge on any atom is -0.494 e. The van der Waals surface area contributed by atoms with Gasteiger partial charge in [0.2, 0.25) is 0 Å². The number of aromatic amines is 1. The molecule has 0 aliphatic carbocycles. The number of unbranched alkanes of at least 4 members (excludes halogenated alkanes) is 1.